The number of nitrogens with one attached hydrogen (secondary N) is 3. The molecule has 0 spiro atoms. The van der Waals surface area contributed by atoms with Crippen molar-refractivity contribution in [3.8, 4) is 11.5 Å². The number of hydrogen-bond donors (Lipinski definition) is 3. The van der Waals surface area contributed by atoms with Crippen LogP contribution in [0.3, 0.4) is 0 Å². The Balaban J connectivity index is 1.44. The van der Waals surface area contributed by atoms with Gasteiger partial charge in [-0.1, -0.05) is 0 Å². The molecule has 1 saturated carbocycles. The lowest BCUT2D eigenvalue weighted by Gasteiger charge is -2.22. The molecule has 0 unspecified atom stereocenters. The Hall–Kier alpha value is -3.86. The molecule has 1 fully saturated rings. The Labute approximate surface area is 209 Å². The van der Waals surface area contributed by atoms with Crippen LogP contribution in [0.1, 0.15) is 24.8 Å². The zero-order chi connectivity index (χ0) is 25.1. The Morgan fingerprint density at radius 1 is 1.25 bits per heavy atom. The molecule has 190 valence electrons. The van der Waals surface area contributed by atoms with Crippen molar-refractivity contribution in [3.63, 3.8) is 0 Å². The van der Waals surface area contributed by atoms with Crippen molar-refractivity contribution >= 4 is 34.4 Å². The minimum Gasteiger partial charge on any atom is -0.480 e. The molecule has 0 atom stereocenters. The number of ether oxygens (including phenoxy) is 2. The highest BCUT2D eigenvalue weighted by Gasteiger charge is 2.24. The Morgan fingerprint density at radius 2 is 2.11 bits per heavy atom. The van der Waals surface area contributed by atoms with Gasteiger partial charge in [0.15, 0.2) is 24.7 Å². The van der Waals surface area contributed by atoms with Crippen LogP contribution >= 0.6 is 0 Å². The fourth-order valence-corrected chi connectivity index (χ4v) is 4.16. The first kappa shape index (κ1) is 23.9. The number of fused-ring (bicyclic) bond motifs is 2. The van der Waals surface area contributed by atoms with Gasteiger partial charge in [0, 0.05) is 44.1 Å². The summed E-state index contributed by atoms with van der Waals surface area (Å²) >= 11 is 0. The molecule has 0 radical (unpaired) electrons. The first-order chi connectivity index (χ1) is 17.5. The molecule has 3 heterocycles. The molecule has 1 aliphatic carbocycles. The van der Waals surface area contributed by atoms with E-state index in [1.165, 1.54) is 6.33 Å². The van der Waals surface area contributed by atoms with Gasteiger partial charge in [-0.05, 0) is 50.6 Å². The van der Waals surface area contributed by atoms with Gasteiger partial charge in [0.2, 0.25) is 0 Å². The van der Waals surface area contributed by atoms with E-state index >= 15 is 0 Å². The number of rotatable bonds is 4. The van der Waals surface area contributed by atoms with Gasteiger partial charge < -0.3 is 34.9 Å². The van der Waals surface area contributed by atoms with E-state index in [1.54, 1.807) is 24.1 Å². The van der Waals surface area contributed by atoms with Crippen molar-refractivity contribution in [1.29, 1.82) is 0 Å². The Morgan fingerprint density at radius 3 is 2.94 bits per heavy atom. The summed E-state index contributed by atoms with van der Waals surface area (Å²) in [5.41, 5.74) is 2.53. The first-order valence-corrected chi connectivity index (χ1v) is 12.2. The van der Waals surface area contributed by atoms with Crippen molar-refractivity contribution in [3.05, 3.63) is 36.3 Å². The average Bonchev–Trinajstić information content (AvgIpc) is 3.58. The smallest absolute Gasteiger partial charge is 0.260 e. The molecule has 36 heavy (non-hydrogen) atoms. The number of benzene rings is 1. The first-order valence-electron chi connectivity index (χ1n) is 12.2. The molecule has 2 bridgehead atoms. The van der Waals surface area contributed by atoms with Crippen LogP contribution in [0.4, 0.5) is 11.5 Å². The van der Waals surface area contributed by atoms with Gasteiger partial charge >= 0.3 is 0 Å². The van der Waals surface area contributed by atoms with E-state index in [2.05, 4.69) is 37.5 Å². The van der Waals surface area contributed by atoms with Crippen LogP contribution in [-0.2, 0) is 16.1 Å². The number of carbonyl (C=O) groups excluding carboxylic acids is 2. The molecule has 2 aromatic heterocycles. The van der Waals surface area contributed by atoms with E-state index in [1.807, 2.05) is 12.3 Å². The second-order valence-electron chi connectivity index (χ2n) is 9.37. The van der Waals surface area contributed by atoms with Crippen LogP contribution in [0, 0.1) is 0 Å². The predicted octanol–water partition coefficient (Wildman–Crippen LogP) is 2.03. The topological polar surface area (TPSA) is 125 Å². The average molecular weight is 494 g/mol. The second kappa shape index (κ2) is 10.4. The largest absolute Gasteiger partial charge is 0.480 e. The number of nitrogens with zero attached hydrogens (tertiary/aromatic N) is 4. The van der Waals surface area contributed by atoms with Crippen LogP contribution in [-0.4, -0.2) is 83.0 Å². The minimum atomic E-state index is -0.177. The number of aromatic amines is 1. The molecule has 3 N–H and O–H groups in total. The van der Waals surface area contributed by atoms with E-state index in [-0.39, 0.29) is 31.1 Å². The van der Waals surface area contributed by atoms with Gasteiger partial charge in [-0.2, -0.15) is 0 Å². The van der Waals surface area contributed by atoms with Crippen molar-refractivity contribution in [2.24, 2.45) is 0 Å². The standard InChI is InChI=1S/C25H31N7O4/c1-31-8-3-9-32(2)22(34)14-36-20-10-18(6-7-19(20)35-13-21(33)29-17-4-5-17)30-25-23-16(12-31)11-26-24(23)27-15-28-25/h6-7,10-11,15,17H,3-5,8-9,12-14H2,1-2H3,(H,29,33)(H2,26,27,28,30). The Bertz CT molecular complexity index is 1260. The number of hydrogen-bond acceptors (Lipinski definition) is 8. The summed E-state index contributed by atoms with van der Waals surface area (Å²) in [4.78, 5) is 40.8. The van der Waals surface area contributed by atoms with Gasteiger partial charge in [-0.25, -0.2) is 9.97 Å². The lowest BCUT2D eigenvalue weighted by Crippen LogP contribution is -2.34. The maximum absolute atomic E-state index is 12.7. The Kier molecular flexibility index (Phi) is 6.90. The van der Waals surface area contributed by atoms with Crippen LogP contribution < -0.4 is 20.1 Å². The molecule has 11 nitrogen and oxygen atoms in total. The molecule has 2 aliphatic rings. The van der Waals surface area contributed by atoms with E-state index in [0.29, 0.717) is 36.1 Å². The van der Waals surface area contributed by atoms with Gasteiger partial charge in [-0.3, -0.25) is 9.59 Å². The lowest BCUT2D eigenvalue weighted by atomic mass is 10.2. The molecule has 2 amide bonds. The highest BCUT2D eigenvalue weighted by atomic mass is 16.5. The number of aromatic nitrogens is 3. The van der Waals surface area contributed by atoms with Gasteiger partial charge in [-0.15, -0.1) is 0 Å². The van der Waals surface area contributed by atoms with E-state index in [4.69, 9.17) is 9.47 Å². The summed E-state index contributed by atoms with van der Waals surface area (Å²) in [6.45, 7) is 1.88. The van der Waals surface area contributed by atoms with Gasteiger partial charge in [0.25, 0.3) is 11.8 Å². The predicted molar refractivity (Wildman–Crippen MR) is 134 cm³/mol. The van der Waals surface area contributed by atoms with Crippen LogP contribution in [0.15, 0.2) is 30.7 Å². The van der Waals surface area contributed by atoms with E-state index < -0.39 is 0 Å². The van der Waals surface area contributed by atoms with Crippen molar-refractivity contribution in [1.82, 2.24) is 30.1 Å². The number of likely N-dealkylation sites (N-methyl/N-ethyl adjacent to an activating group) is 1. The van der Waals surface area contributed by atoms with E-state index in [9.17, 15) is 9.59 Å². The molecule has 1 aromatic carbocycles. The summed E-state index contributed by atoms with van der Waals surface area (Å²) in [5, 5.41) is 7.18. The van der Waals surface area contributed by atoms with E-state index in [0.717, 1.165) is 42.4 Å². The number of H-pyrrole nitrogens is 1. The summed E-state index contributed by atoms with van der Waals surface area (Å²) in [5.74, 6) is 1.11. The SMILES string of the molecule is CN1CCCN(C)C(=O)COc2cc(ccc2OCC(=O)NC2CC2)Nc2ncnc3[nH]cc(c23)C1. The minimum absolute atomic E-state index is 0.125. The summed E-state index contributed by atoms with van der Waals surface area (Å²) in [7, 11) is 3.83. The zero-order valence-electron chi connectivity index (χ0n) is 20.5. The lowest BCUT2D eigenvalue weighted by molar-refractivity contribution is -0.132. The van der Waals surface area contributed by atoms with Crippen molar-refractivity contribution < 1.29 is 19.1 Å². The fourth-order valence-electron chi connectivity index (χ4n) is 4.16. The maximum Gasteiger partial charge on any atom is 0.260 e. The quantitative estimate of drug-likeness (QED) is 0.504. The second-order valence-corrected chi connectivity index (χ2v) is 9.37. The summed E-state index contributed by atoms with van der Waals surface area (Å²) in [6.07, 6.45) is 6.30. The zero-order valence-corrected chi connectivity index (χ0v) is 20.5. The molecular formula is C25H31N7O4. The van der Waals surface area contributed by atoms with Gasteiger partial charge in [0.1, 0.15) is 17.8 Å². The number of carbonyl (C=O) groups is 2. The number of anilines is 2. The molecule has 1 aliphatic heterocycles. The van der Waals surface area contributed by atoms with Crippen molar-refractivity contribution in [2.75, 3.05) is 45.7 Å². The van der Waals surface area contributed by atoms with Gasteiger partial charge in [0.05, 0.1) is 5.39 Å². The monoisotopic (exact) mass is 493 g/mol. The molecular weight excluding hydrogens is 462 g/mol. The molecule has 5 rings (SSSR count). The number of amides is 2. The normalized spacial score (nSPS) is 17.4. The third-order valence-corrected chi connectivity index (χ3v) is 6.31. The third-order valence-electron chi connectivity index (χ3n) is 6.31. The highest BCUT2D eigenvalue weighted by Crippen LogP contribution is 2.34. The summed E-state index contributed by atoms with van der Waals surface area (Å²) in [6, 6.07) is 5.56. The maximum atomic E-state index is 12.7. The molecule has 0 saturated heterocycles. The van der Waals surface area contributed by atoms with Crippen LogP contribution in [0.2, 0.25) is 0 Å². The van der Waals surface area contributed by atoms with Crippen LogP contribution in [0.25, 0.3) is 11.0 Å². The fraction of sp³-hybridized carbons (Fsp3) is 0.440. The third kappa shape index (κ3) is 5.68. The van der Waals surface area contributed by atoms with Crippen LogP contribution in [0.5, 0.6) is 11.5 Å². The highest BCUT2D eigenvalue weighted by molar-refractivity contribution is 5.92. The molecule has 3 aromatic rings. The van der Waals surface area contributed by atoms with Crippen molar-refractivity contribution in [2.45, 2.75) is 31.8 Å². The molecule has 11 heteroatoms. The summed E-state index contributed by atoms with van der Waals surface area (Å²) < 4.78 is 11.7.